The van der Waals surface area contributed by atoms with Gasteiger partial charge in [-0.05, 0) is 29.7 Å². The highest BCUT2D eigenvalue weighted by Crippen LogP contribution is 2.43. The molecule has 1 aliphatic rings. The number of benzene rings is 3. The zero-order valence-corrected chi connectivity index (χ0v) is 16.6. The monoisotopic (exact) mass is 422 g/mol. The van der Waals surface area contributed by atoms with E-state index in [0.29, 0.717) is 17.5 Å². The first-order valence-corrected chi connectivity index (χ1v) is 9.88. The molecule has 3 aromatic rings. The van der Waals surface area contributed by atoms with Gasteiger partial charge in [0.2, 0.25) is 0 Å². The molecule has 2 atom stereocenters. The first kappa shape index (κ1) is 20.6. The molecular formula is C24H22O7. The van der Waals surface area contributed by atoms with E-state index in [1.807, 2.05) is 30.3 Å². The summed E-state index contributed by atoms with van der Waals surface area (Å²) in [6.07, 6.45) is -1.03. The van der Waals surface area contributed by atoms with E-state index in [1.165, 1.54) is 30.3 Å². The quantitative estimate of drug-likeness (QED) is 0.283. The SMILES string of the molecule is O=C(CCc1ccccc1)Oc1cc(O)cc2c1CC(O)C(c1ccc(O)c(O)c1)O2. The van der Waals surface area contributed by atoms with Crippen LogP contribution in [0, 0.1) is 0 Å². The number of fused-ring (bicyclic) bond motifs is 1. The molecule has 0 radical (unpaired) electrons. The summed E-state index contributed by atoms with van der Waals surface area (Å²) >= 11 is 0. The van der Waals surface area contributed by atoms with E-state index in [0.717, 1.165) is 5.56 Å². The van der Waals surface area contributed by atoms with Gasteiger partial charge < -0.3 is 29.9 Å². The summed E-state index contributed by atoms with van der Waals surface area (Å²) in [7, 11) is 0. The molecule has 4 rings (SSSR count). The largest absolute Gasteiger partial charge is 0.508 e. The number of hydrogen-bond acceptors (Lipinski definition) is 7. The fourth-order valence-electron chi connectivity index (χ4n) is 3.61. The zero-order valence-electron chi connectivity index (χ0n) is 16.6. The van der Waals surface area contributed by atoms with E-state index >= 15 is 0 Å². The fraction of sp³-hybridized carbons (Fsp3) is 0.208. The molecule has 0 aliphatic carbocycles. The number of rotatable bonds is 5. The van der Waals surface area contributed by atoms with Crippen molar-refractivity contribution < 1.29 is 34.7 Å². The third kappa shape index (κ3) is 4.57. The highest BCUT2D eigenvalue weighted by molar-refractivity contribution is 5.74. The molecule has 7 heteroatoms. The molecule has 160 valence electrons. The third-order valence-corrected chi connectivity index (χ3v) is 5.18. The van der Waals surface area contributed by atoms with Crippen LogP contribution in [-0.4, -0.2) is 32.5 Å². The zero-order chi connectivity index (χ0) is 22.0. The number of carbonyl (C=O) groups excluding carboxylic acids is 1. The first-order valence-electron chi connectivity index (χ1n) is 9.88. The van der Waals surface area contributed by atoms with Crippen molar-refractivity contribution in [3.05, 3.63) is 77.4 Å². The minimum Gasteiger partial charge on any atom is -0.508 e. The van der Waals surface area contributed by atoms with Crippen LogP contribution in [0.4, 0.5) is 0 Å². The maximum absolute atomic E-state index is 12.4. The second-order valence-corrected chi connectivity index (χ2v) is 7.44. The lowest BCUT2D eigenvalue weighted by Crippen LogP contribution is -2.30. The maximum Gasteiger partial charge on any atom is 0.311 e. The summed E-state index contributed by atoms with van der Waals surface area (Å²) in [6, 6.07) is 16.4. The van der Waals surface area contributed by atoms with Gasteiger partial charge in [0.15, 0.2) is 11.5 Å². The van der Waals surface area contributed by atoms with Crippen LogP contribution in [0.3, 0.4) is 0 Å². The van der Waals surface area contributed by atoms with Crippen molar-refractivity contribution in [2.75, 3.05) is 0 Å². The molecule has 0 aromatic heterocycles. The normalized spacial score (nSPS) is 17.5. The van der Waals surface area contributed by atoms with Crippen molar-refractivity contribution in [1.29, 1.82) is 0 Å². The Kier molecular flexibility index (Phi) is 5.68. The Balaban J connectivity index is 1.53. The Morgan fingerprint density at radius 2 is 1.77 bits per heavy atom. The van der Waals surface area contributed by atoms with Gasteiger partial charge in [0.1, 0.15) is 23.4 Å². The predicted molar refractivity (Wildman–Crippen MR) is 111 cm³/mol. The minimum atomic E-state index is -0.997. The number of aryl methyl sites for hydroxylation is 1. The Labute approximate surface area is 178 Å². The van der Waals surface area contributed by atoms with Gasteiger partial charge in [-0.2, -0.15) is 0 Å². The third-order valence-electron chi connectivity index (χ3n) is 5.18. The van der Waals surface area contributed by atoms with E-state index in [4.69, 9.17) is 9.47 Å². The van der Waals surface area contributed by atoms with Crippen molar-refractivity contribution >= 4 is 5.97 Å². The van der Waals surface area contributed by atoms with Gasteiger partial charge in [-0.3, -0.25) is 4.79 Å². The molecular weight excluding hydrogens is 400 g/mol. The molecule has 7 nitrogen and oxygen atoms in total. The average molecular weight is 422 g/mol. The smallest absolute Gasteiger partial charge is 0.311 e. The Morgan fingerprint density at radius 1 is 1.00 bits per heavy atom. The molecule has 0 saturated heterocycles. The number of aromatic hydroxyl groups is 3. The average Bonchev–Trinajstić information content (AvgIpc) is 2.75. The molecule has 3 aromatic carbocycles. The predicted octanol–water partition coefficient (Wildman–Crippen LogP) is 3.38. The molecule has 0 saturated carbocycles. The maximum atomic E-state index is 12.4. The Bertz CT molecular complexity index is 1090. The number of esters is 1. The summed E-state index contributed by atoms with van der Waals surface area (Å²) in [5.41, 5.74) is 1.94. The lowest BCUT2D eigenvalue weighted by atomic mass is 9.94. The van der Waals surface area contributed by atoms with Crippen LogP contribution >= 0.6 is 0 Å². The Hall–Kier alpha value is -3.71. The van der Waals surface area contributed by atoms with Crippen LogP contribution in [0.2, 0.25) is 0 Å². The van der Waals surface area contributed by atoms with Gasteiger partial charge >= 0.3 is 5.97 Å². The van der Waals surface area contributed by atoms with Crippen molar-refractivity contribution in [3.63, 3.8) is 0 Å². The Morgan fingerprint density at radius 3 is 2.52 bits per heavy atom. The number of ether oxygens (including phenoxy) is 2. The van der Waals surface area contributed by atoms with Crippen LogP contribution < -0.4 is 9.47 Å². The van der Waals surface area contributed by atoms with E-state index < -0.39 is 18.2 Å². The van der Waals surface area contributed by atoms with Gasteiger partial charge in [-0.25, -0.2) is 0 Å². The molecule has 1 heterocycles. The molecule has 2 unspecified atom stereocenters. The van der Waals surface area contributed by atoms with Gasteiger partial charge in [-0.1, -0.05) is 36.4 Å². The minimum absolute atomic E-state index is 0.114. The highest BCUT2D eigenvalue weighted by Gasteiger charge is 2.33. The van der Waals surface area contributed by atoms with Crippen LogP contribution in [0.15, 0.2) is 60.7 Å². The molecule has 31 heavy (non-hydrogen) atoms. The standard InChI is InChI=1S/C24H22O7/c25-16-11-21(30-23(29)9-6-14-4-2-1-3-5-14)17-13-20(28)24(31-22(17)12-16)15-7-8-18(26)19(27)10-15/h1-5,7-8,10-12,20,24-28H,6,9,13H2. The molecule has 0 fully saturated rings. The van der Waals surface area contributed by atoms with Gasteiger partial charge in [0.25, 0.3) is 0 Å². The van der Waals surface area contributed by atoms with Crippen LogP contribution in [0.25, 0.3) is 0 Å². The van der Waals surface area contributed by atoms with Gasteiger partial charge in [0.05, 0.1) is 6.10 Å². The summed E-state index contributed by atoms with van der Waals surface area (Å²) < 4.78 is 11.3. The molecule has 0 amide bonds. The van der Waals surface area contributed by atoms with Crippen molar-refractivity contribution in [2.24, 2.45) is 0 Å². The number of phenols is 3. The summed E-state index contributed by atoms with van der Waals surface area (Å²) in [5.74, 6) is -0.808. The topological polar surface area (TPSA) is 116 Å². The van der Waals surface area contributed by atoms with Gasteiger partial charge in [-0.15, -0.1) is 0 Å². The second kappa shape index (κ2) is 8.57. The molecule has 0 bridgehead atoms. The molecule has 1 aliphatic heterocycles. The first-order chi connectivity index (χ1) is 14.9. The lowest BCUT2D eigenvalue weighted by Gasteiger charge is -2.32. The van der Waals surface area contributed by atoms with E-state index in [2.05, 4.69) is 0 Å². The van der Waals surface area contributed by atoms with Crippen LogP contribution in [0.1, 0.15) is 29.2 Å². The number of hydrogen-bond donors (Lipinski definition) is 4. The summed E-state index contributed by atoms with van der Waals surface area (Å²) in [4.78, 5) is 12.4. The number of carbonyl (C=O) groups is 1. The summed E-state index contributed by atoms with van der Waals surface area (Å²) in [5, 5.41) is 40.0. The van der Waals surface area contributed by atoms with Crippen molar-refractivity contribution in [2.45, 2.75) is 31.5 Å². The highest BCUT2D eigenvalue weighted by atomic mass is 16.5. The van der Waals surface area contributed by atoms with E-state index in [1.54, 1.807) is 0 Å². The lowest BCUT2D eigenvalue weighted by molar-refractivity contribution is -0.134. The number of phenolic OH excluding ortho intramolecular Hbond substituents is 3. The summed E-state index contributed by atoms with van der Waals surface area (Å²) in [6.45, 7) is 0. The second-order valence-electron chi connectivity index (χ2n) is 7.44. The van der Waals surface area contributed by atoms with Crippen LogP contribution in [-0.2, 0) is 17.6 Å². The van der Waals surface area contributed by atoms with E-state index in [-0.39, 0.29) is 41.6 Å². The van der Waals surface area contributed by atoms with Crippen molar-refractivity contribution in [3.8, 4) is 28.7 Å². The molecule has 4 N–H and O–H groups in total. The number of aliphatic hydroxyl groups excluding tert-OH is 1. The van der Waals surface area contributed by atoms with Crippen molar-refractivity contribution in [1.82, 2.24) is 0 Å². The van der Waals surface area contributed by atoms with E-state index in [9.17, 15) is 25.2 Å². The molecule has 0 spiro atoms. The van der Waals surface area contributed by atoms with Gasteiger partial charge in [0, 0.05) is 30.5 Å². The fourth-order valence-corrected chi connectivity index (χ4v) is 3.61. The van der Waals surface area contributed by atoms with Crippen LogP contribution in [0.5, 0.6) is 28.7 Å². The number of aliphatic hydroxyl groups is 1.